The molecule has 0 aliphatic carbocycles. The zero-order chi connectivity index (χ0) is 14.4. The van der Waals surface area contributed by atoms with Gasteiger partial charge >= 0.3 is 0 Å². The molecule has 1 amide bonds. The van der Waals surface area contributed by atoms with E-state index < -0.39 is 5.92 Å². The number of rotatable bonds is 5. The molecule has 20 heavy (non-hydrogen) atoms. The number of nitrogens with one attached hydrogen (secondary N) is 1. The van der Waals surface area contributed by atoms with Crippen LogP contribution in [0.5, 0.6) is 0 Å². The number of benzene rings is 1. The van der Waals surface area contributed by atoms with E-state index in [2.05, 4.69) is 20.5 Å². The molecule has 6 nitrogen and oxygen atoms in total. The molecule has 7 heteroatoms. The summed E-state index contributed by atoms with van der Waals surface area (Å²) in [7, 11) is 0. The summed E-state index contributed by atoms with van der Waals surface area (Å²) < 4.78 is 0. The second-order valence-electron chi connectivity index (χ2n) is 4.10. The molecular formula is C13H13N5OS. The van der Waals surface area contributed by atoms with Gasteiger partial charge in [-0.15, -0.1) is 5.10 Å². The summed E-state index contributed by atoms with van der Waals surface area (Å²) in [6.07, 6.45) is 3.29. The molecule has 1 unspecified atom stereocenters. The molecule has 0 aliphatic heterocycles. The summed E-state index contributed by atoms with van der Waals surface area (Å²) in [4.78, 5) is 16.2. The number of anilines is 1. The number of aromatic nitrogens is 3. The Kier molecular flexibility index (Phi) is 4.67. The number of hydrogen-bond acceptors (Lipinski definition) is 5. The normalized spacial score (nSPS) is 11.6. The molecular weight excluding hydrogens is 274 g/mol. The topological polar surface area (TPSA) is 93.8 Å². The van der Waals surface area contributed by atoms with E-state index in [1.54, 1.807) is 0 Å². The van der Waals surface area contributed by atoms with Crippen molar-refractivity contribution < 1.29 is 4.79 Å². The highest BCUT2D eigenvalue weighted by molar-refractivity contribution is 7.80. The van der Waals surface area contributed by atoms with Gasteiger partial charge < -0.3 is 5.73 Å². The van der Waals surface area contributed by atoms with Gasteiger partial charge in [-0.2, -0.15) is 5.10 Å². The lowest BCUT2D eigenvalue weighted by molar-refractivity contribution is -0.118. The lowest BCUT2D eigenvalue weighted by atomic mass is 9.98. The minimum absolute atomic E-state index is 0.131. The zero-order valence-corrected chi connectivity index (χ0v) is 11.4. The van der Waals surface area contributed by atoms with Gasteiger partial charge in [-0.05, 0) is 12.0 Å². The molecule has 1 aromatic carbocycles. The molecule has 1 aromatic heterocycles. The van der Waals surface area contributed by atoms with Crippen LogP contribution in [0.15, 0.2) is 42.7 Å². The Morgan fingerprint density at radius 1 is 1.30 bits per heavy atom. The van der Waals surface area contributed by atoms with Crippen LogP contribution in [0.2, 0.25) is 0 Å². The van der Waals surface area contributed by atoms with Crippen molar-refractivity contribution in [2.45, 2.75) is 6.42 Å². The standard InChI is InChI=1S/C13H13N5OS/c14-11(20)10(8-9-4-2-1-3-5-9)12(19)17-13-15-6-7-16-18-13/h1-7,10H,8H2,(H2,14,20)(H,15,17,18,19). The molecule has 0 spiro atoms. The van der Waals surface area contributed by atoms with Crippen LogP contribution in [0.4, 0.5) is 5.95 Å². The van der Waals surface area contributed by atoms with Crippen LogP contribution in [-0.4, -0.2) is 26.1 Å². The fourth-order valence-electron chi connectivity index (χ4n) is 1.67. The van der Waals surface area contributed by atoms with E-state index in [0.717, 1.165) is 5.56 Å². The predicted octanol–water partition coefficient (Wildman–Crippen LogP) is 0.955. The molecule has 0 aliphatic rings. The molecule has 0 radical (unpaired) electrons. The number of nitrogens with zero attached hydrogens (tertiary/aromatic N) is 3. The maximum atomic E-state index is 12.2. The van der Waals surface area contributed by atoms with Gasteiger partial charge in [-0.1, -0.05) is 42.5 Å². The van der Waals surface area contributed by atoms with Gasteiger partial charge in [0.2, 0.25) is 11.9 Å². The fourth-order valence-corrected chi connectivity index (χ4v) is 1.86. The number of amides is 1. The first-order valence-electron chi connectivity index (χ1n) is 5.94. The first-order valence-corrected chi connectivity index (χ1v) is 6.35. The van der Waals surface area contributed by atoms with Crippen molar-refractivity contribution in [2.24, 2.45) is 11.7 Å². The van der Waals surface area contributed by atoms with Gasteiger partial charge in [0.1, 0.15) is 0 Å². The molecule has 2 aromatic rings. The number of carbonyl (C=O) groups is 1. The van der Waals surface area contributed by atoms with E-state index in [1.165, 1.54) is 12.4 Å². The summed E-state index contributed by atoms with van der Waals surface area (Å²) in [6.45, 7) is 0. The number of nitrogens with two attached hydrogens (primary N) is 1. The van der Waals surface area contributed by atoms with Gasteiger partial charge in [0.25, 0.3) is 0 Å². The number of thiocarbonyl (C=S) groups is 1. The summed E-state index contributed by atoms with van der Waals surface area (Å²) >= 11 is 4.97. The van der Waals surface area contributed by atoms with Gasteiger partial charge in [0, 0.05) is 0 Å². The number of carbonyl (C=O) groups excluding carboxylic acids is 1. The molecule has 102 valence electrons. The van der Waals surface area contributed by atoms with Gasteiger partial charge in [-0.3, -0.25) is 10.1 Å². The Balaban J connectivity index is 2.09. The van der Waals surface area contributed by atoms with E-state index >= 15 is 0 Å². The van der Waals surface area contributed by atoms with Crippen molar-refractivity contribution in [1.29, 1.82) is 0 Å². The zero-order valence-electron chi connectivity index (χ0n) is 10.6. The summed E-state index contributed by atoms with van der Waals surface area (Å²) in [5, 5.41) is 9.88. The predicted molar refractivity (Wildman–Crippen MR) is 78.9 cm³/mol. The van der Waals surface area contributed by atoms with Crippen LogP contribution >= 0.6 is 12.2 Å². The van der Waals surface area contributed by atoms with Crippen molar-refractivity contribution in [1.82, 2.24) is 15.2 Å². The fraction of sp³-hybridized carbons (Fsp3) is 0.154. The number of hydrogen-bond donors (Lipinski definition) is 2. The molecule has 1 heterocycles. The van der Waals surface area contributed by atoms with Gasteiger partial charge in [-0.25, -0.2) is 4.98 Å². The SMILES string of the molecule is NC(=S)C(Cc1ccccc1)C(=O)Nc1nccnn1. The summed E-state index contributed by atoms with van der Waals surface area (Å²) in [5.41, 5.74) is 6.63. The molecule has 0 saturated carbocycles. The van der Waals surface area contributed by atoms with Gasteiger partial charge in [0.15, 0.2) is 0 Å². The lowest BCUT2D eigenvalue weighted by Crippen LogP contribution is -2.35. The maximum Gasteiger partial charge on any atom is 0.249 e. The van der Waals surface area contributed by atoms with Crippen molar-refractivity contribution >= 4 is 29.1 Å². The molecule has 2 rings (SSSR count). The third kappa shape index (κ3) is 3.79. The van der Waals surface area contributed by atoms with Crippen molar-refractivity contribution in [3.8, 4) is 0 Å². The van der Waals surface area contributed by atoms with Crippen molar-refractivity contribution in [3.05, 3.63) is 48.3 Å². The van der Waals surface area contributed by atoms with E-state index in [-0.39, 0.29) is 16.8 Å². The van der Waals surface area contributed by atoms with E-state index in [1.807, 2.05) is 30.3 Å². The Bertz CT molecular complexity index is 590. The summed E-state index contributed by atoms with van der Waals surface area (Å²) in [6, 6.07) is 9.53. The molecule has 3 N–H and O–H groups in total. The van der Waals surface area contributed by atoms with Crippen LogP contribution in [0.25, 0.3) is 0 Å². The molecule has 0 saturated heterocycles. The van der Waals surface area contributed by atoms with Crippen LogP contribution in [0, 0.1) is 5.92 Å². The third-order valence-electron chi connectivity index (χ3n) is 2.66. The van der Waals surface area contributed by atoms with E-state index in [4.69, 9.17) is 18.0 Å². The lowest BCUT2D eigenvalue weighted by Gasteiger charge is -2.14. The minimum Gasteiger partial charge on any atom is -0.393 e. The quantitative estimate of drug-likeness (QED) is 0.795. The summed E-state index contributed by atoms with van der Waals surface area (Å²) in [5.74, 6) is -0.822. The average Bonchev–Trinajstić information content (AvgIpc) is 2.46. The highest BCUT2D eigenvalue weighted by atomic mass is 32.1. The Labute approximate surface area is 121 Å². The van der Waals surface area contributed by atoms with Gasteiger partial charge in [0.05, 0.1) is 23.3 Å². The first kappa shape index (κ1) is 14.0. The van der Waals surface area contributed by atoms with Crippen LogP contribution in [-0.2, 0) is 11.2 Å². The molecule has 0 fully saturated rings. The minimum atomic E-state index is -0.615. The Morgan fingerprint density at radius 2 is 2.05 bits per heavy atom. The molecule has 0 bridgehead atoms. The highest BCUT2D eigenvalue weighted by Crippen LogP contribution is 2.11. The second kappa shape index (κ2) is 6.67. The highest BCUT2D eigenvalue weighted by Gasteiger charge is 2.22. The second-order valence-corrected chi connectivity index (χ2v) is 4.57. The van der Waals surface area contributed by atoms with E-state index in [0.29, 0.717) is 6.42 Å². The average molecular weight is 287 g/mol. The Hall–Kier alpha value is -2.41. The third-order valence-corrected chi connectivity index (χ3v) is 2.94. The maximum absolute atomic E-state index is 12.2. The largest absolute Gasteiger partial charge is 0.393 e. The van der Waals surface area contributed by atoms with Crippen molar-refractivity contribution in [2.75, 3.05) is 5.32 Å². The monoisotopic (exact) mass is 287 g/mol. The smallest absolute Gasteiger partial charge is 0.249 e. The molecule has 1 atom stereocenters. The van der Waals surface area contributed by atoms with Crippen LogP contribution in [0.1, 0.15) is 5.56 Å². The van der Waals surface area contributed by atoms with Crippen LogP contribution in [0.3, 0.4) is 0 Å². The van der Waals surface area contributed by atoms with Crippen LogP contribution < -0.4 is 11.1 Å². The Morgan fingerprint density at radius 3 is 2.65 bits per heavy atom. The first-order chi connectivity index (χ1) is 9.66. The van der Waals surface area contributed by atoms with Crippen molar-refractivity contribution in [3.63, 3.8) is 0 Å². The van der Waals surface area contributed by atoms with E-state index in [9.17, 15) is 4.79 Å².